The van der Waals surface area contributed by atoms with Crippen LogP contribution in [0.2, 0.25) is 5.15 Å². The van der Waals surface area contributed by atoms with E-state index in [1.54, 1.807) is 0 Å². The number of anilines is 1. The van der Waals surface area contributed by atoms with E-state index in [4.69, 9.17) is 16.6 Å². The first-order valence-corrected chi connectivity index (χ1v) is 8.23. The van der Waals surface area contributed by atoms with E-state index in [0.29, 0.717) is 5.15 Å². The summed E-state index contributed by atoms with van der Waals surface area (Å²) in [4.78, 5) is 11.5. The summed E-state index contributed by atoms with van der Waals surface area (Å²) in [6.45, 7) is 1.08. The van der Waals surface area contributed by atoms with E-state index < -0.39 is 0 Å². The van der Waals surface area contributed by atoms with Gasteiger partial charge in [-0.15, -0.1) is 0 Å². The summed E-state index contributed by atoms with van der Waals surface area (Å²) in [7, 11) is 2.13. The minimum Gasteiger partial charge on any atom is -0.374 e. The summed E-state index contributed by atoms with van der Waals surface area (Å²) in [5, 5.41) is 0.618. The Kier molecular flexibility index (Phi) is 2.89. The van der Waals surface area contributed by atoms with Gasteiger partial charge in [0.15, 0.2) is 5.82 Å². The van der Waals surface area contributed by atoms with Gasteiger partial charge in [0.25, 0.3) is 0 Å². The van der Waals surface area contributed by atoms with E-state index in [9.17, 15) is 0 Å². The molecule has 1 aromatic carbocycles. The topological polar surface area (TPSA) is 29.0 Å². The number of halogens is 1. The molecule has 0 saturated carbocycles. The van der Waals surface area contributed by atoms with Crippen LogP contribution in [0.5, 0.6) is 0 Å². The molecule has 20 heavy (non-hydrogen) atoms. The molecule has 0 atom stereocenters. The molecule has 5 heteroatoms. The second-order valence-corrected chi connectivity index (χ2v) is 6.61. The lowest BCUT2D eigenvalue weighted by Crippen LogP contribution is -2.12. The van der Waals surface area contributed by atoms with E-state index in [2.05, 4.69) is 35.1 Å². The number of thioether (sulfide) groups is 1. The zero-order chi connectivity index (χ0) is 13.7. The number of nitrogens with zero attached hydrogens (tertiary/aromatic N) is 3. The number of hydrogen-bond donors (Lipinski definition) is 0. The molecular formula is C15H14ClN3S. The highest BCUT2D eigenvalue weighted by atomic mass is 35.5. The van der Waals surface area contributed by atoms with Gasteiger partial charge in [0.1, 0.15) is 5.15 Å². The third-order valence-electron chi connectivity index (χ3n) is 3.99. The van der Waals surface area contributed by atoms with Crippen molar-refractivity contribution in [2.24, 2.45) is 0 Å². The molecule has 3 nitrogen and oxygen atoms in total. The second kappa shape index (κ2) is 4.64. The van der Waals surface area contributed by atoms with Crippen molar-refractivity contribution in [1.82, 2.24) is 9.97 Å². The zero-order valence-corrected chi connectivity index (χ0v) is 12.8. The van der Waals surface area contributed by atoms with E-state index in [1.807, 2.05) is 11.8 Å². The number of hydrogen-bond acceptors (Lipinski definition) is 4. The van der Waals surface area contributed by atoms with Crippen molar-refractivity contribution in [3.8, 4) is 11.4 Å². The van der Waals surface area contributed by atoms with Crippen LogP contribution in [-0.4, -0.2) is 23.6 Å². The Morgan fingerprint density at radius 2 is 2.15 bits per heavy atom. The van der Waals surface area contributed by atoms with Gasteiger partial charge in [-0.1, -0.05) is 11.6 Å². The molecule has 2 aliphatic rings. The molecule has 2 aliphatic heterocycles. The number of likely N-dealkylation sites (N-methyl/N-ethyl adjacent to an activating group) is 1. The van der Waals surface area contributed by atoms with Crippen molar-refractivity contribution in [3.05, 3.63) is 40.2 Å². The molecule has 0 N–H and O–H groups in total. The fraction of sp³-hybridized carbons (Fsp3) is 0.333. The first-order chi connectivity index (χ1) is 9.72. The number of rotatable bonds is 1. The standard InChI is InChI=1S/C15H14ClN3S/c1-19-5-4-9-6-10(2-3-13(9)19)15-17-12-8-20-7-11(12)14(16)18-15/h2-3,6H,4-5,7-8H2,1H3. The Balaban J connectivity index is 1.80. The Bertz CT molecular complexity index is 702. The molecule has 0 saturated heterocycles. The minimum atomic E-state index is 0.618. The molecule has 0 bridgehead atoms. The maximum atomic E-state index is 6.29. The molecule has 0 spiro atoms. The summed E-state index contributed by atoms with van der Waals surface area (Å²) in [6.07, 6.45) is 1.09. The molecule has 0 aliphatic carbocycles. The van der Waals surface area contributed by atoms with Crippen molar-refractivity contribution in [2.75, 3.05) is 18.5 Å². The van der Waals surface area contributed by atoms with Crippen LogP contribution in [0.3, 0.4) is 0 Å². The Hall–Kier alpha value is -1.26. The number of aromatic nitrogens is 2. The Morgan fingerprint density at radius 3 is 3.05 bits per heavy atom. The SMILES string of the molecule is CN1CCc2cc(-c3nc(Cl)c4c(n3)CSC4)ccc21. The van der Waals surface area contributed by atoms with Crippen LogP contribution in [0, 0.1) is 0 Å². The lowest BCUT2D eigenvalue weighted by atomic mass is 10.1. The van der Waals surface area contributed by atoms with Gasteiger partial charge in [-0.2, -0.15) is 11.8 Å². The maximum Gasteiger partial charge on any atom is 0.161 e. The highest BCUT2D eigenvalue weighted by molar-refractivity contribution is 7.98. The van der Waals surface area contributed by atoms with E-state index in [-0.39, 0.29) is 0 Å². The molecule has 1 aromatic heterocycles. The van der Waals surface area contributed by atoms with Gasteiger partial charge in [-0.05, 0) is 30.2 Å². The fourth-order valence-electron chi connectivity index (χ4n) is 2.85. The lowest BCUT2D eigenvalue weighted by Gasteiger charge is -2.12. The van der Waals surface area contributed by atoms with Crippen LogP contribution >= 0.6 is 23.4 Å². The van der Waals surface area contributed by atoms with Crippen molar-refractivity contribution < 1.29 is 0 Å². The lowest BCUT2D eigenvalue weighted by molar-refractivity contribution is 0.956. The van der Waals surface area contributed by atoms with Crippen molar-refractivity contribution in [1.29, 1.82) is 0 Å². The Labute approximate surface area is 127 Å². The van der Waals surface area contributed by atoms with Crippen LogP contribution < -0.4 is 4.90 Å². The van der Waals surface area contributed by atoms with Crippen molar-refractivity contribution in [3.63, 3.8) is 0 Å². The van der Waals surface area contributed by atoms with Gasteiger partial charge < -0.3 is 4.90 Å². The average Bonchev–Trinajstić information content (AvgIpc) is 3.06. The first kappa shape index (κ1) is 12.5. The van der Waals surface area contributed by atoms with Gasteiger partial charge in [-0.25, -0.2) is 9.97 Å². The Morgan fingerprint density at radius 1 is 1.25 bits per heavy atom. The van der Waals surface area contributed by atoms with Crippen molar-refractivity contribution in [2.45, 2.75) is 17.9 Å². The van der Waals surface area contributed by atoms with Crippen LogP contribution in [-0.2, 0) is 17.9 Å². The van der Waals surface area contributed by atoms with Crippen LogP contribution in [0.1, 0.15) is 16.8 Å². The number of benzene rings is 1. The summed E-state index contributed by atoms with van der Waals surface area (Å²) in [5.74, 6) is 2.63. The maximum absolute atomic E-state index is 6.29. The molecule has 0 amide bonds. The average molecular weight is 304 g/mol. The van der Waals surface area contributed by atoms with Gasteiger partial charge in [0.2, 0.25) is 0 Å². The van der Waals surface area contributed by atoms with Crippen LogP contribution in [0.15, 0.2) is 18.2 Å². The zero-order valence-electron chi connectivity index (χ0n) is 11.2. The molecular weight excluding hydrogens is 290 g/mol. The smallest absolute Gasteiger partial charge is 0.161 e. The molecule has 102 valence electrons. The molecule has 3 heterocycles. The summed E-state index contributed by atoms with van der Waals surface area (Å²) in [6, 6.07) is 6.47. The highest BCUT2D eigenvalue weighted by Crippen LogP contribution is 2.35. The van der Waals surface area contributed by atoms with E-state index in [0.717, 1.165) is 47.1 Å². The summed E-state index contributed by atoms with van der Waals surface area (Å²) < 4.78 is 0. The predicted molar refractivity (Wildman–Crippen MR) is 84.5 cm³/mol. The third-order valence-corrected chi connectivity index (χ3v) is 5.28. The molecule has 0 fully saturated rings. The van der Waals surface area contributed by atoms with Crippen molar-refractivity contribution >= 4 is 29.1 Å². The second-order valence-electron chi connectivity index (χ2n) is 5.27. The van der Waals surface area contributed by atoms with Gasteiger partial charge in [-0.3, -0.25) is 0 Å². The largest absolute Gasteiger partial charge is 0.374 e. The van der Waals surface area contributed by atoms with E-state index in [1.165, 1.54) is 11.3 Å². The highest BCUT2D eigenvalue weighted by Gasteiger charge is 2.21. The molecule has 0 radical (unpaired) electrons. The van der Waals surface area contributed by atoms with E-state index >= 15 is 0 Å². The predicted octanol–water partition coefficient (Wildman–Crippen LogP) is 3.54. The quantitative estimate of drug-likeness (QED) is 0.754. The van der Waals surface area contributed by atoms with Crippen LogP contribution in [0.25, 0.3) is 11.4 Å². The minimum absolute atomic E-state index is 0.618. The summed E-state index contributed by atoms with van der Waals surface area (Å²) >= 11 is 8.14. The van der Waals surface area contributed by atoms with Crippen LogP contribution in [0.4, 0.5) is 5.69 Å². The fourth-order valence-corrected chi connectivity index (χ4v) is 4.22. The normalized spacial score (nSPS) is 16.4. The van der Waals surface area contributed by atoms with Gasteiger partial charge in [0.05, 0.1) is 5.69 Å². The third kappa shape index (κ3) is 1.90. The molecule has 0 unspecified atom stereocenters. The van der Waals surface area contributed by atoms with Gasteiger partial charge in [0, 0.05) is 41.9 Å². The van der Waals surface area contributed by atoms with Gasteiger partial charge >= 0.3 is 0 Å². The number of fused-ring (bicyclic) bond motifs is 2. The molecule has 4 rings (SSSR count). The monoisotopic (exact) mass is 303 g/mol. The molecule has 2 aromatic rings. The summed E-state index contributed by atoms with van der Waals surface area (Å²) in [5.41, 5.74) is 5.97. The first-order valence-electron chi connectivity index (χ1n) is 6.70.